The van der Waals surface area contributed by atoms with Crippen LogP contribution in [-0.4, -0.2) is 35.6 Å². The van der Waals surface area contributed by atoms with Crippen LogP contribution >= 0.6 is 46.1 Å². The molecule has 6 rings (SSSR count). The second kappa shape index (κ2) is 14.2. The first-order valence-electron chi connectivity index (χ1n) is 15.4. The van der Waals surface area contributed by atoms with Gasteiger partial charge in [-0.2, -0.15) is 0 Å². The molecule has 246 valence electrons. The number of halogens is 3. The summed E-state index contributed by atoms with van der Waals surface area (Å²) in [6.45, 7) is 6.94. The third-order valence-electron chi connectivity index (χ3n) is 8.36. The van der Waals surface area contributed by atoms with Crippen LogP contribution in [0.15, 0.2) is 93.9 Å². The van der Waals surface area contributed by atoms with Crippen LogP contribution in [-0.2, 0) is 11.4 Å². The van der Waals surface area contributed by atoms with Crippen LogP contribution < -0.4 is 24.4 Å². The molecule has 1 atom stereocenters. The number of hydrogen-bond donors (Lipinski definition) is 0. The van der Waals surface area contributed by atoms with E-state index >= 15 is 0 Å². The van der Waals surface area contributed by atoms with Crippen LogP contribution in [0.5, 0.6) is 11.5 Å². The molecule has 1 aliphatic rings. The normalized spacial score (nSPS) is 14.6. The maximum absolute atomic E-state index is 14.6. The molecule has 1 amide bonds. The van der Waals surface area contributed by atoms with Gasteiger partial charge in [0.05, 0.1) is 33.0 Å². The number of ether oxygens (including phenoxy) is 2. The number of hydrogen-bond acceptors (Lipinski definition) is 6. The lowest BCUT2D eigenvalue weighted by atomic mass is 9.90. The van der Waals surface area contributed by atoms with E-state index in [9.17, 15) is 9.59 Å². The number of amides is 1. The summed E-state index contributed by atoms with van der Waals surface area (Å²) in [6.07, 6.45) is 1.75. The van der Waals surface area contributed by atoms with E-state index in [1.54, 1.807) is 53.0 Å². The molecular formula is C37H32Cl3N3O4S. The number of carbonyl (C=O) groups excluding carboxylic acids is 1. The van der Waals surface area contributed by atoms with E-state index in [1.807, 2.05) is 63.2 Å². The smallest absolute Gasteiger partial charge is 0.271 e. The van der Waals surface area contributed by atoms with E-state index in [0.29, 0.717) is 65.8 Å². The van der Waals surface area contributed by atoms with Crippen LogP contribution in [0, 0.1) is 0 Å². The van der Waals surface area contributed by atoms with Gasteiger partial charge < -0.3 is 14.4 Å². The van der Waals surface area contributed by atoms with Gasteiger partial charge in [-0.15, -0.1) is 0 Å². The molecule has 0 spiro atoms. The van der Waals surface area contributed by atoms with Gasteiger partial charge in [0.25, 0.3) is 11.5 Å². The summed E-state index contributed by atoms with van der Waals surface area (Å²) in [5.74, 6) is 0.918. The lowest BCUT2D eigenvalue weighted by molar-refractivity contribution is -0.127. The van der Waals surface area contributed by atoms with E-state index in [0.717, 1.165) is 21.9 Å². The summed E-state index contributed by atoms with van der Waals surface area (Å²) < 4.78 is 14.1. The summed E-state index contributed by atoms with van der Waals surface area (Å²) in [5, 5.41) is 3.21. The van der Waals surface area contributed by atoms with Crippen LogP contribution in [0.1, 0.15) is 43.5 Å². The van der Waals surface area contributed by atoms with E-state index in [1.165, 1.54) is 11.3 Å². The number of likely N-dealkylation sites (N-methyl/N-ethyl adjacent to an activating group) is 1. The van der Waals surface area contributed by atoms with Gasteiger partial charge >= 0.3 is 0 Å². The molecule has 0 saturated carbocycles. The van der Waals surface area contributed by atoms with Gasteiger partial charge in [0, 0.05) is 29.2 Å². The van der Waals surface area contributed by atoms with Crippen LogP contribution in [0.25, 0.3) is 16.8 Å². The van der Waals surface area contributed by atoms with Crippen molar-refractivity contribution in [2.45, 2.75) is 33.4 Å². The van der Waals surface area contributed by atoms with Crippen molar-refractivity contribution in [3.05, 3.63) is 136 Å². The molecule has 4 aromatic carbocycles. The second-order valence-electron chi connectivity index (χ2n) is 11.2. The molecule has 0 unspecified atom stereocenters. The SMILES string of the molecule is CCN(CC)C(=O)C1=C(C)N=c2s/c(=C/c3cc(Cl)ccc3OCc3ccc(Cl)c(Cl)c3)c(=O)n2[C@H]1c1c(OC)ccc2ccccc12. The Morgan fingerprint density at radius 1 is 0.979 bits per heavy atom. The Labute approximate surface area is 296 Å². The fraction of sp³-hybridized carbons (Fsp3) is 0.216. The number of thiazole rings is 1. The molecule has 0 bridgehead atoms. The first kappa shape index (κ1) is 33.8. The first-order valence-corrected chi connectivity index (χ1v) is 17.3. The van der Waals surface area contributed by atoms with Crippen LogP contribution in [0.4, 0.5) is 0 Å². The molecule has 2 heterocycles. The maximum atomic E-state index is 14.6. The molecule has 1 aliphatic heterocycles. The molecule has 1 aromatic heterocycles. The van der Waals surface area contributed by atoms with Crippen molar-refractivity contribution in [3.8, 4) is 11.5 Å². The lowest BCUT2D eigenvalue weighted by Gasteiger charge is -2.30. The predicted molar refractivity (Wildman–Crippen MR) is 194 cm³/mol. The van der Waals surface area contributed by atoms with Crippen LogP contribution in [0.2, 0.25) is 15.1 Å². The number of nitrogens with zero attached hydrogens (tertiary/aromatic N) is 3. The number of methoxy groups -OCH3 is 1. The Morgan fingerprint density at radius 2 is 1.73 bits per heavy atom. The molecule has 0 N–H and O–H groups in total. The largest absolute Gasteiger partial charge is 0.496 e. The number of fused-ring (bicyclic) bond motifs is 2. The highest BCUT2D eigenvalue weighted by molar-refractivity contribution is 7.07. The van der Waals surface area contributed by atoms with Crippen molar-refractivity contribution >= 4 is 68.9 Å². The maximum Gasteiger partial charge on any atom is 0.271 e. The second-order valence-corrected chi connectivity index (χ2v) is 13.4. The molecular weight excluding hydrogens is 689 g/mol. The number of carbonyl (C=O) groups is 1. The standard InChI is InChI=1S/C37H32Cl3N3O4S/c1-5-42(6-2)36(45)32-21(3)41-37-43(34(32)33-26-10-8-7-9-23(26)12-15-30(33)46-4)35(44)31(48-37)19-24-18-25(38)13-16-29(24)47-20-22-11-14-27(39)28(40)17-22/h7-19,34H,5-6,20H2,1-4H3/b31-19+/t34-/m1/s1. The Kier molecular flexibility index (Phi) is 9.99. The molecule has 48 heavy (non-hydrogen) atoms. The minimum Gasteiger partial charge on any atom is -0.496 e. The molecule has 5 aromatic rings. The van der Waals surface area contributed by atoms with Gasteiger partial charge in [-0.1, -0.05) is 82.5 Å². The van der Waals surface area contributed by atoms with Gasteiger partial charge in [-0.25, -0.2) is 4.99 Å². The third-order valence-corrected chi connectivity index (χ3v) is 10.3. The minimum atomic E-state index is -0.790. The van der Waals surface area contributed by atoms with Crippen molar-refractivity contribution in [2.75, 3.05) is 20.2 Å². The van der Waals surface area contributed by atoms with E-state index in [2.05, 4.69) is 0 Å². The minimum absolute atomic E-state index is 0.177. The summed E-state index contributed by atoms with van der Waals surface area (Å²) in [7, 11) is 1.60. The zero-order chi connectivity index (χ0) is 34.1. The van der Waals surface area contributed by atoms with Crippen molar-refractivity contribution in [1.29, 1.82) is 0 Å². The van der Waals surface area contributed by atoms with E-state index in [4.69, 9.17) is 49.3 Å². The van der Waals surface area contributed by atoms with Crippen molar-refractivity contribution in [2.24, 2.45) is 4.99 Å². The summed E-state index contributed by atoms with van der Waals surface area (Å²) in [4.78, 5) is 35.8. The highest BCUT2D eigenvalue weighted by atomic mass is 35.5. The Morgan fingerprint density at radius 3 is 2.46 bits per heavy atom. The lowest BCUT2D eigenvalue weighted by Crippen LogP contribution is -2.43. The summed E-state index contributed by atoms with van der Waals surface area (Å²) >= 11 is 20.0. The molecule has 7 nitrogen and oxygen atoms in total. The first-order chi connectivity index (χ1) is 23.1. The quantitative estimate of drug-likeness (QED) is 0.156. The topological polar surface area (TPSA) is 73.1 Å². The van der Waals surface area contributed by atoms with Crippen LogP contribution in [0.3, 0.4) is 0 Å². The van der Waals surface area contributed by atoms with Gasteiger partial charge in [-0.05, 0) is 79.6 Å². The number of benzene rings is 4. The van der Waals surface area contributed by atoms with Gasteiger partial charge in [0.1, 0.15) is 24.1 Å². The summed E-state index contributed by atoms with van der Waals surface area (Å²) in [6, 6.07) is 21.5. The van der Waals surface area contributed by atoms with Gasteiger partial charge in [0.15, 0.2) is 4.80 Å². The molecule has 0 radical (unpaired) electrons. The number of aromatic nitrogens is 1. The zero-order valence-corrected chi connectivity index (χ0v) is 29.8. The Bertz CT molecular complexity index is 2270. The molecule has 0 fully saturated rings. The summed E-state index contributed by atoms with van der Waals surface area (Å²) in [5.41, 5.74) is 2.85. The molecule has 0 saturated heterocycles. The molecule has 0 aliphatic carbocycles. The van der Waals surface area contributed by atoms with Gasteiger partial charge in [0.2, 0.25) is 0 Å². The van der Waals surface area contributed by atoms with Crippen molar-refractivity contribution in [1.82, 2.24) is 9.47 Å². The van der Waals surface area contributed by atoms with Crippen molar-refractivity contribution < 1.29 is 14.3 Å². The monoisotopic (exact) mass is 719 g/mol. The highest BCUT2D eigenvalue weighted by Crippen LogP contribution is 2.40. The average molecular weight is 721 g/mol. The average Bonchev–Trinajstić information content (AvgIpc) is 3.38. The van der Waals surface area contributed by atoms with E-state index < -0.39 is 6.04 Å². The van der Waals surface area contributed by atoms with Gasteiger partial charge in [-0.3, -0.25) is 14.2 Å². The van der Waals surface area contributed by atoms with E-state index in [-0.39, 0.29) is 18.1 Å². The highest BCUT2D eigenvalue weighted by Gasteiger charge is 2.36. The zero-order valence-electron chi connectivity index (χ0n) is 26.7. The molecule has 11 heteroatoms. The number of allylic oxidation sites excluding steroid dienone is 1. The van der Waals surface area contributed by atoms with Crippen molar-refractivity contribution in [3.63, 3.8) is 0 Å². The third kappa shape index (κ3) is 6.38. The predicted octanol–water partition coefficient (Wildman–Crippen LogP) is 7.80. The Balaban J connectivity index is 1.54. The number of rotatable bonds is 9. The fourth-order valence-electron chi connectivity index (χ4n) is 5.98. The fourth-order valence-corrected chi connectivity index (χ4v) is 7.52. The Hall–Kier alpha value is -4.08.